The van der Waals surface area contributed by atoms with Gasteiger partial charge in [-0.25, -0.2) is 0 Å². The van der Waals surface area contributed by atoms with Crippen LogP contribution in [0.1, 0.15) is 53.4 Å². The van der Waals surface area contributed by atoms with Gasteiger partial charge in [0.15, 0.2) is 0 Å². The van der Waals surface area contributed by atoms with Gasteiger partial charge >= 0.3 is 0 Å². The monoisotopic (exact) mass is 232 g/mol. The van der Waals surface area contributed by atoms with Crippen LogP contribution in [-0.4, -0.2) is 34.6 Å². The Kier molecular flexibility index (Phi) is 6.53. The standard InChI is InChI=1S/C13H28O3/c1-5-7-12(3,9-14)11(16)13(4,10-15)8-6-2/h11,14-16H,5-10H2,1-4H3. The molecule has 0 saturated heterocycles. The molecule has 0 amide bonds. The summed E-state index contributed by atoms with van der Waals surface area (Å²) >= 11 is 0. The lowest BCUT2D eigenvalue weighted by molar-refractivity contribution is -0.106. The van der Waals surface area contributed by atoms with E-state index < -0.39 is 16.9 Å². The SMILES string of the molecule is CCCC(C)(CO)C(O)C(C)(CO)CCC. The molecule has 0 aliphatic carbocycles. The van der Waals surface area contributed by atoms with Crippen LogP contribution in [0.5, 0.6) is 0 Å². The van der Waals surface area contributed by atoms with Crippen molar-refractivity contribution in [1.29, 1.82) is 0 Å². The number of aliphatic hydroxyl groups excluding tert-OH is 3. The molecule has 0 bridgehead atoms. The van der Waals surface area contributed by atoms with Gasteiger partial charge in [-0.15, -0.1) is 0 Å². The lowest BCUT2D eigenvalue weighted by Gasteiger charge is -2.43. The van der Waals surface area contributed by atoms with Gasteiger partial charge in [-0.2, -0.15) is 0 Å². The summed E-state index contributed by atoms with van der Waals surface area (Å²) in [6, 6.07) is 0. The van der Waals surface area contributed by atoms with Gasteiger partial charge in [-0.05, 0) is 12.8 Å². The predicted molar refractivity (Wildman–Crippen MR) is 66.2 cm³/mol. The van der Waals surface area contributed by atoms with Gasteiger partial charge in [0.2, 0.25) is 0 Å². The maximum absolute atomic E-state index is 10.4. The second kappa shape index (κ2) is 6.58. The molecule has 2 atom stereocenters. The summed E-state index contributed by atoms with van der Waals surface area (Å²) < 4.78 is 0. The highest BCUT2D eigenvalue weighted by atomic mass is 16.3. The van der Waals surface area contributed by atoms with Crippen LogP contribution in [0.2, 0.25) is 0 Å². The van der Waals surface area contributed by atoms with Crippen LogP contribution in [0.15, 0.2) is 0 Å². The van der Waals surface area contributed by atoms with E-state index in [9.17, 15) is 15.3 Å². The summed E-state index contributed by atoms with van der Waals surface area (Å²) in [4.78, 5) is 0. The quantitative estimate of drug-likeness (QED) is 0.599. The smallest absolute Gasteiger partial charge is 0.0691 e. The van der Waals surface area contributed by atoms with E-state index in [1.54, 1.807) is 0 Å². The third-order valence-electron chi connectivity index (χ3n) is 3.68. The van der Waals surface area contributed by atoms with Gasteiger partial charge in [-0.1, -0.05) is 40.5 Å². The Labute approximate surface area is 99.5 Å². The minimum absolute atomic E-state index is 0.0404. The van der Waals surface area contributed by atoms with Gasteiger partial charge in [0.25, 0.3) is 0 Å². The molecule has 0 aromatic heterocycles. The largest absolute Gasteiger partial charge is 0.396 e. The Bertz CT molecular complexity index is 176. The molecular weight excluding hydrogens is 204 g/mol. The Morgan fingerprint density at radius 3 is 1.38 bits per heavy atom. The van der Waals surface area contributed by atoms with Crippen LogP contribution in [0.4, 0.5) is 0 Å². The maximum atomic E-state index is 10.4. The molecule has 0 radical (unpaired) electrons. The first kappa shape index (κ1) is 15.9. The van der Waals surface area contributed by atoms with Crippen molar-refractivity contribution in [3.05, 3.63) is 0 Å². The number of aliphatic hydroxyl groups is 3. The van der Waals surface area contributed by atoms with E-state index in [0.717, 1.165) is 25.7 Å². The Morgan fingerprint density at radius 2 is 1.19 bits per heavy atom. The fraction of sp³-hybridized carbons (Fsp3) is 1.00. The predicted octanol–water partition coefficient (Wildman–Crippen LogP) is 1.94. The molecule has 2 unspecified atom stereocenters. The molecule has 0 saturated carbocycles. The lowest BCUT2D eigenvalue weighted by Crippen LogP contribution is -2.48. The van der Waals surface area contributed by atoms with Gasteiger partial charge in [-0.3, -0.25) is 0 Å². The van der Waals surface area contributed by atoms with Crippen LogP contribution in [0.25, 0.3) is 0 Å². The second-order valence-corrected chi connectivity index (χ2v) is 5.53. The van der Waals surface area contributed by atoms with Crippen LogP contribution in [-0.2, 0) is 0 Å². The number of hydrogen-bond acceptors (Lipinski definition) is 3. The van der Waals surface area contributed by atoms with E-state index in [1.807, 2.05) is 27.7 Å². The molecule has 3 N–H and O–H groups in total. The highest BCUT2D eigenvalue weighted by Crippen LogP contribution is 2.40. The third-order valence-corrected chi connectivity index (χ3v) is 3.68. The molecule has 3 heteroatoms. The van der Waals surface area contributed by atoms with E-state index in [0.29, 0.717) is 0 Å². The van der Waals surface area contributed by atoms with Crippen molar-refractivity contribution in [1.82, 2.24) is 0 Å². The molecule has 16 heavy (non-hydrogen) atoms. The molecule has 0 fully saturated rings. The van der Waals surface area contributed by atoms with Crippen LogP contribution in [0.3, 0.4) is 0 Å². The molecule has 0 aliphatic rings. The van der Waals surface area contributed by atoms with Crippen molar-refractivity contribution >= 4 is 0 Å². The zero-order chi connectivity index (χ0) is 12.8. The number of hydrogen-bond donors (Lipinski definition) is 3. The summed E-state index contributed by atoms with van der Waals surface area (Å²) in [7, 11) is 0. The molecule has 0 rings (SSSR count). The summed E-state index contributed by atoms with van der Waals surface area (Å²) in [5.41, 5.74) is -1.02. The van der Waals surface area contributed by atoms with E-state index in [-0.39, 0.29) is 13.2 Å². The second-order valence-electron chi connectivity index (χ2n) is 5.53. The Balaban J connectivity index is 4.88. The van der Waals surface area contributed by atoms with Gasteiger partial charge < -0.3 is 15.3 Å². The van der Waals surface area contributed by atoms with Crippen LogP contribution >= 0.6 is 0 Å². The average molecular weight is 232 g/mol. The van der Waals surface area contributed by atoms with Crippen molar-refractivity contribution in [3.63, 3.8) is 0 Å². The van der Waals surface area contributed by atoms with E-state index in [2.05, 4.69) is 0 Å². The van der Waals surface area contributed by atoms with Gasteiger partial charge in [0.05, 0.1) is 19.3 Å². The molecule has 0 aromatic carbocycles. The summed E-state index contributed by atoms with van der Waals surface area (Å²) in [6.45, 7) is 7.78. The van der Waals surface area contributed by atoms with Crippen LogP contribution < -0.4 is 0 Å². The molecule has 0 aliphatic heterocycles. The van der Waals surface area contributed by atoms with E-state index in [4.69, 9.17) is 0 Å². The number of rotatable bonds is 8. The van der Waals surface area contributed by atoms with E-state index >= 15 is 0 Å². The molecule has 3 nitrogen and oxygen atoms in total. The maximum Gasteiger partial charge on any atom is 0.0691 e. The fourth-order valence-electron chi connectivity index (χ4n) is 2.59. The van der Waals surface area contributed by atoms with Crippen molar-refractivity contribution in [2.45, 2.75) is 59.5 Å². The topological polar surface area (TPSA) is 60.7 Å². The molecular formula is C13H28O3. The van der Waals surface area contributed by atoms with Crippen molar-refractivity contribution in [2.75, 3.05) is 13.2 Å². The van der Waals surface area contributed by atoms with Gasteiger partial charge in [0, 0.05) is 10.8 Å². The molecule has 98 valence electrons. The van der Waals surface area contributed by atoms with Crippen molar-refractivity contribution in [2.24, 2.45) is 10.8 Å². The molecule has 0 aromatic rings. The molecule has 0 heterocycles. The Hall–Kier alpha value is -0.120. The van der Waals surface area contributed by atoms with Crippen LogP contribution in [0, 0.1) is 10.8 Å². The first-order valence-corrected chi connectivity index (χ1v) is 6.30. The third kappa shape index (κ3) is 3.44. The van der Waals surface area contributed by atoms with Crippen molar-refractivity contribution < 1.29 is 15.3 Å². The fourth-order valence-corrected chi connectivity index (χ4v) is 2.59. The summed E-state index contributed by atoms with van der Waals surface area (Å²) in [6.07, 6.45) is 2.70. The van der Waals surface area contributed by atoms with Gasteiger partial charge in [0.1, 0.15) is 0 Å². The minimum atomic E-state index is -0.671. The lowest BCUT2D eigenvalue weighted by atomic mass is 9.67. The highest BCUT2D eigenvalue weighted by Gasteiger charge is 2.43. The summed E-state index contributed by atoms with van der Waals surface area (Å²) in [5, 5.41) is 29.4. The highest BCUT2D eigenvalue weighted by molar-refractivity contribution is 4.93. The zero-order valence-corrected chi connectivity index (χ0v) is 11.2. The van der Waals surface area contributed by atoms with Crippen molar-refractivity contribution in [3.8, 4) is 0 Å². The first-order chi connectivity index (χ1) is 7.40. The zero-order valence-electron chi connectivity index (χ0n) is 11.2. The van der Waals surface area contributed by atoms with E-state index in [1.165, 1.54) is 0 Å². The Morgan fingerprint density at radius 1 is 0.875 bits per heavy atom. The first-order valence-electron chi connectivity index (χ1n) is 6.30. The normalized spacial score (nSPS) is 21.2. The molecule has 0 spiro atoms. The summed E-state index contributed by atoms with van der Waals surface area (Å²) in [5.74, 6) is 0. The minimum Gasteiger partial charge on any atom is -0.396 e. The average Bonchev–Trinajstić information content (AvgIpc) is 2.28.